The summed E-state index contributed by atoms with van der Waals surface area (Å²) in [4.78, 5) is 12.1. The van der Waals surface area contributed by atoms with Gasteiger partial charge in [0, 0.05) is 22.8 Å². The van der Waals surface area contributed by atoms with Gasteiger partial charge in [0.25, 0.3) is 5.91 Å². The first-order valence-electron chi connectivity index (χ1n) is 8.14. The van der Waals surface area contributed by atoms with E-state index in [1.54, 1.807) is 32.5 Å². The van der Waals surface area contributed by atoms with Crippen LogP contribution in [-0.4, -0.2) is 46.8 Å². The molecular formula is C19H18N4O5. The van der Waals surface area contributed by atoms with E-state index in [1.807, 2.05) is 6.07 Å². The molecule has 28 heavy (non-hydrogen) atoms. The molecule has 0 unspecified atom stereocenters. The molecule has 0 atom stereocenters. The lowest BCUT2D eigenvalue weighted by molar-refractivity contribution is 0.0954. The minimum atomic E-state index is -0.585. The average Bonchev–Trinajstić information content (AvgIpc) is 3.15. The zero-order chi connectivity index (χ0) is 20.1. The van der Waals surface area contributed by atoms with Crippen molar-refractivity contribution in [3.05, 3.63) is 53.7 Å². The van der Waals surface area contributed by atoms with Crippen molar-refractivity contribution in [2.45, 2.75) is 0 Å². The van der Waals surface area contributed by atoms with Crippen molar-refractivity contribution in [1.29, 1.82) is 0 Å². The normalized spacial score (nSPS) is 10.8. The number of aromatic nitrogens is 2. The molecule has 0 saturated carbocycles. The van der Waals surface area contributed by atoms with Gasteiger partial charge in [0.05, 0.1) is 32.3 Å². The van der Waals surface area contributed by atoms with Crippen molar-refractivity contribution in [2.24, 2.45) is 5.10 Å². The quantitative estimate of drug-likeness (QED) is 0.382. The number of nitrogens with zero attached hydrogens (tertiary/aromatic N) is 2. The molecule has 0 aliphatic rings. The van der Waals surface area contributed by atoms with Crippen molar-refractivity contribution >= 4 is 12.1 Å². The maximum absolute atomic E-state index is 12.1. The summed E-state index contributed by atoms with van der Waals surface area (Å²) in [5.74, 6) is 0.134. The van der Waals surface area contributed by atoms with Gasteiger partial charge in [-0.05, 0) is 30.3 Å². The van der Waals surface area contributed by atoms with Gasteiger partial charge in [-0.2, -0.15) is 10.2 Å². The highest BCUT2D eigenvalue weighted by atomic mass is 16.5. The number of hydrogen-bond donors (Lipinski definition) is 4. The van der Waals surface area contributed by atoms with Crippen molar-refractivity contribution in [2.75, 3.05) is 14.2 Å². The van der Waals surface area contributed by atoms with Crippen LogP contribution >= 0.6 is 0 Å². The molecule has 0 radical (unpaired) electrons. The molecule has 2 aromatic carbocycles. The Morgan fingerprint density at radius 1 is 1.11 bits per heavy atom. The summed E-state index contributed by atoms with van der Waals surface area (Å²) in [5.41, 5.74) is 4.50. The number of benzene rings is 2. The van der Waals surface area contributed by atoms with Gasteiger partial charge in [-0.15, -0.1) is 0 Å². The van der Waals surface area contributed by atoms with Gasteiger partial charge < -0.3 is 19.7 Å². The standard InChI is InChI=1S/C19H18N4O5/c1-27-16-4-3-11(7-17(16)28-2)18-13(9-20-22-18)10-21-23-19(26)12-5-14(24)8-15(25)6-12/h3-10,24-25H,1-2H3,(H,20,22)(H,23,26). The fourth-order valence-corrected chi connectivity index (χ4v) is 2.57. The largest absolute Gasteiger partial charge is 0.508 e. The Balaban J connectivity index is 1.78. The molecular weight excluding hydrogens is 364 g/mol. The number of hydrogen-bond acceptors (Lipinski definition) is 7. The van der Waals surface area contributed by atoms with Crippen molar-refractivity contribution < 1.29 is 24.5 Å². The van der Waals surface area contributed by atoms with E-state index in [2.05, 4.69) is 20.7 Å². The van der Waals surface area contributed by atoms with Crippen LogP contribution in [0.25, 0.3) is 11.3 Å². The van der Waals surface area contributed by atoms with E-state index >= 15 is 0 Å². The Bertz CT molecular complexity index is 1010. The molecule has 9 nitrogen and oxygen atoms in total. The summed E-state index contributed by atoms with van der Waals surface area (Å²) in [6, 6.07) is 8.96. The van der Waals surface area contributed by atoms with Gasteiger partial charge >= 0.3 is 0 Å². The lowest BCUT2D eigenvalue weighted by Crippen LogP contribution is -2.17. The van der Waals surface area contributed by atoms with E-state index < -0.39 is 5.91 Å². The molecule has 0 saturated heterocycles. The molecule has 0 fully saturated rings. The number of H-pyrrole nitrogens is 1. The zero-order valence-electron chi connectivity index (χ0n) is 15.1. The summed E-state index contributed by atoms with van der Waals surface area (Å²) in [5, 5.41) is 29.7. The lowest BCUT2D eigenvalue weighted by Gasteiger charge is -2.09. The monoisotopic (exact) mass is 382 g/mol. The number of phenolic OH excluding ortho intramolecular Hbond substituents is 2. The van der Waals surface area contributed by atoms with Crippen molar-refractivity contribution in [3.8, 4) is 34.3 Å². The van der Waals surface area contributed by atoms with Gasteiger partial charge in [-0.3, -0.25) is 9.89 Å². The number of hydrazone groups is 1. The average molecular weight is 382 g/mol. The number of carbonyl (C=O) groups excluding carboxylic acids is 1. The Morgan fingerprint density at radius 3 is 2.50 bits per heavy atom. The summed E-state index contributed by atoms with van der Waals surface area (Å²) >= 11 is 0. The summed E-state index contributed by atoms with van der Waals surface area (Å²) in [6.45, 7) is 0. The third kappa shape index (κ3) is 4.04. The summed E-state index contributed by atoms with van der Waals surface area (Å²) < 4.78 is 10.5. The van der Waals surface area contributed by atoms with Gasteiger partial charge in [-0.1, -0.05) is 0 Å². The van der Waals surface area contributed by atoms with Crippen LogP contribution in [-0.2, 0) is 0 Å². The number of aromatic amines is 1. The topological polar surface area (TPSA) is 129 Å². The number of ether oxygens (including phenoxy) is 2. The summed E-state index contributed by atoms with van der Waals surface area (Å²) in [7, 11) is 3.10. The smallest absolute Gasteiger partial charge is 0.271 e. The zero-order valence-corrected chi connectivity index (χ0v) is 15.1. The first kappa shape index (κ1) is 18.8. The number of rotatable bonds is 6. The van der Waals surface area contributed by atoms with E-state index in [-0.39, 0.29) is 17.1 Å². The minimum absolute atomic E-state index is 0.0713. The maximum atomic E-state index is 12.1. The van der Waals surface area contributed by atoms with Crippen LogP contribution in [0.15, 0.2) is 47.7 Å². The first-order chi connectivity index (χ1) is 13.5. The highest BCUT2D eigenvalue weighted by Gasteiger charge is 2.11. The molecule has 3 rings (SSSR count). The van der Waals surface area contributed by atoms with E-state index in [0.29, 0.717) is 22.8 Å². The van der Waals surface area contributed by atoms with Crippen LogP contribution in [0.1, 0.15) is 15.9 Å². The van der Waals surface area contributed by atoms with Crippen molar-refractivity contribution in [1.82, 2.24) is 15.6 Å². The number of phenols is 2. The van der Waals surface area contributed by atoms with Gasteiger partial charge in [0.15, 0.2) is 11.5 Å². The third-order valence-electron chi connectivity index (χ3n) is 3.88. The van der Waals surface area contributed by atoms with Gasteiger partial charge in [0.2, 0.25) is 0 Å². The Hall–Kier alpha value is -4.01. The van der Waals surface area contributed by atoms with E-state index in [9.17, 15) is 15.0 Å². The molecule has 0 aliphatic carbocycles. The van der Waals surface area contributed by atoms with Gasteiger partial charge in [0.1, 0.15) is 11.5 Å². The van der Waals surface area contributed by atoms with Gasteiger partial charge in [-0.25, -0.2) is 5.43 Å². The molecule has 144 valence electrons. The molecule has 3 aromatic rings. The molecule has 4 N–H and O–H groups in total. The molecule has 0 aliphatic heterocycles. The van der Waals surface area contributed by atoms with Crippen LogP contribution in [0.3, 0.4) is 0 Å². The second-order valence-electron chi connectivity index (χ2n) is 5.71. The Labute approximate surface area is 160 Å². The predicted molar refractivity (Wildman–Crippen MR) is 102 cm³/mol. The van der Waals surface area contributed by atoms with Crippen LogP contribution in [0, 0.1) is 0 Å². The van der Waals surface area contributed by atoms with Crippen LogP contribution in [0.2, 0.25) is 0 Å². The van der Waals surface area contributed by atoms with E-state index in [0.717, 1.165) is 11.6 Å². The molecule has 1 amide bonds. The molecule has 9 heteroatoms. The Morgan fingerprint density at radius 2 is 1.82 bits per heavy atom. The number of methoxy groups -OCH3 is 2. The minimum Gasteiger partial charge on any atom is -0.508 e. The SMILES string of the molecule is COc1ccc(-c2[nH]ncc2C=NNC(=O)c2cc(O)cc(O)c2)cc1OC. The molecule has 0 spiro atoms. The first-order valence-corrected chi connectivity index (χ1v) is 8.14. The highest BCUT2D eigenvalue weighted by Crippen LogP contribution is 2.32. The molecule has 1 heterocycles. The number of carbonyl (C=O) groups is 1. The fourth-order valence-electron chi connectivity index (χ4n) is 2.57. The number of amides is 1. The Kier molecular flexibility index (Phi) is 5.45. The second kappa shape index (κ2) is 8.12. The lowest BCUT2D eigenvalue weighted by atomic mass is 10.1. The van der Waals surface area contributed by atoms with E-state index in [1.165, 1.54) is 18.3 Å². The predicted octanol–water partition coefficient (Wildman–Crippen LogP) is 2.27. The van der Waals surface area contributed by atoms with Crippen molar-refractivity contribution in [3.63, 3.8) is 0 Å². The highest BCUT2D eigenvalue weighted by molar-refractivity contribution is 5.96. The maximum Gasteiger partial charge on any atom is 0.271 e. The fraction of sp³-hybridized carbons (Fsp3) is 0.105. The van der Waals surface area contributed by atoms with Crippen LogP contribution < -0.4 is 14.9 Å². The molecule has 1 aromatic heterocycles. The van der Waals surface area contributed by atoms with Crippen LogP contribution in [0.5, 0.6) is 23.0 Å². The number of nitrogens with one attached hydrogen (secondary N) is 2. The number of aromatic hydroxyl groups is 2. The summed E-state index contributed by atoms with van der Waals surface area (Å²) in [6.07, 6.45) is 2.98. The molecule has 0 bridgehead atoms. The second-order valence-corrected chi connectivity index (χ2v) is 5.71. The van der Waals surface area contributed by atoms with Crippen LogP contribution in [0.4, 0.5) is 0 Å². The third-order valence-corrected chi connectivity index (χ3v) is 3.88. The van der Waals surface area contributed by atoms with E-state index in [4.69, 9.17) is 9.47 Å².